The SMILES string of the molecule is Cc1cc(Br)c(NC(=O)c2cccc(N(C)C(=O)c3ccccc3)c2)c(S(=O)C(F)(F)F)c1. The van der Waals surface area contributed by atoms with E-state index in [1.165, 1.54) is 23.1 Å². The first-order valence-electron chi connectivity index (χ1n) is 9.52. The van der Waals surface area contributed by atoms with Crippen molar-refractivity contribution >= 4 is 49.9 Å². The molecule has 172 valence electrons. The van der Waals surface area contributed by atoms with E-state index in [0.29, 0.717) is 16.8 Å². The third kappa shape index (κ3) is 5.69. The van der Waals surface area contributed by atoms with Gasteiger partial charge in [-0.1, -0.05) is 24.3 Å². The van der Waals surface area contributed by atoms with E-state index in [0.717, 1.165) is 6.07 Å². The van der Waals surface area contributed by atoms with Gasteiger partial charge in [0.15, 0.2) is 10.8 Å². The van der Waals surface area contributed by atoms with Crippen LogP contribution >= 0.6 is 15.9 Å². The number of anilines is 2. The molecule has 0 radical (unpaired) electrons. The van der Waals surface area contributed by atoms with Gasteiger partial charge >= 0.3 is 5.51 Å². The fourth-order valence-corrected chi connectivity index (χ4v) is 4.73. The molecule has 0 aromatic heterocycles. The summed E-state index contributed by atoms with van der Waals surface area (Å²) in [6.07, 6.45) is 0. The minimum absolute atomic E-state index is 0.108. The summed E-state index contributed by atoms with van der Waals surface area (Å²) in [7, 11) is -1.79. The van der Waals surface area contributed by atoms with Crippen LogP contribution in [0.2, 0.25) is 0 Å². The van der Waals surface area contributed by atoms with Crippen LogP contribution in [0.1, 0.15) is 26.3 Å². The number of rotatable bonds is 5. The molecule has 0 aliphatic heterocycles. The standard InChI is InChI=1S/C23H18BrF3N2O3S/c1-14-11-18(24)20(19(12-14)33(32)23(25,26)27)28-21(30)16-9-6-10-17(13-16)29(2)22(31)15-7-4-3-5-8-15/h3-13H,1-2H3,(H,28,30). The average Bonchev–Trinajstić information content (AvgIpc) is 2.79. The highest BCUT2D eigenvalue weighted by atomic mass is 79.9. The van der Waals surface area contributed by atoms with Gasteiger partial charge in [-0.3, -0.25) is 9.59 Å². The van der Waals surface area contributed by atoms with Crippen molar-refractivity contribution in [1.82, 2.24) is 0 Å². The van der Waals surface area contributed by atoms with Crippen molar-refractivity contribution in [2.24, 2.45) is 0 Å². The lowest BCUT2D eigenvalue weighted by molar-refractivity contribution is -0.0384. The molecule has 0 spiro atoms. The second-order valence-corrected chi connectivity index (χ2v) is 9.36. The van der Waals surface area contributed by atoms with E-state index in [1.807, 2.05) is 0 Å². The Morgan fingerprint density at radius 2 is 1.61 bits per heavy atom. The summed E-state index contributed by atoms with van der Waals surface area (Å²) in [6, 6.07) is 17.3. The van der Waals surface area contributed by atoms with Gasteiger partial charge in [-0.2, -0.15) is 13.2 Å². The molecule has 33 heavy (non-hydrogen) atoms. The van der Waals surface area contributed by atoms with Gasteiger partial charge < -0.3 is 10.2 Å². The number of halogens is 4. The predicted octanol–water partition coefficient (Wildman–Crippen LogP) is 5.91. The maximum Gasteiger partial charge on any atom is 0.475 e. The van der Waals surface area contributed by atoms with E-state index in [9.17, 15) is 27.0 Å². The molecule has 0 saturated heterocycles. The fraction of sp³-hybridized carbons (Fsp3) is 0.130. The molecule has 0 heterocycles. The van der Waals surface area contributed by atoms with Crippen LogP contribution in [0.4, 0.5) is 24.5 Å². The Kier molecular flexibility index (Phi) is 7.38. The molecule has 3 aromatic rings. The highest BCUT2D eigenvalue weighted by molar-refractivity contribution is 9.10. The van der Waals surface area contributed by atoms with Crippen LogP contribution < -0.4 is 10.2 Å². The summed E-state index contributed by atoms with van der Waals surface area (Å²) in [5.74, 6) is -1.01. The van der Waals surface area contributed by atoms with Gasteiger partial charge in [0.2, 0.25) is 0 Å². The van der Waals surface area contributed by atoms with Crippen LogP contribution in [-0.4, -0.2) is 28.6 Å². The van der Waals surface area contributed by atoms with Gasteiger partial charge in [-0.25, -0.2) is 4.21 Å². The highest BCUT2D eigenvalue weighted by Gasteiger charge is 2.40. The maximum absolute atomic E-state index is 13.1. The predicted molar refractivity (Wildman–Crippen MR) is 125 cm³/mol. The third-order valence-corrected chi connectivity index (χ3v) is 6.44. The fourth-order valence-electron chi connectivity index (χ4n) is 3.04. The van der Waals surface area contributed by atoms with Crippen molar-refractivity contribution in [3.05, 3.63) is 87.9 Å². The molecule has 0 fully saturated rings. The van der Waals surface area contributed by atoms with Crippen LogP contribution in [0.5, 0.6) is 0 Å². The molecule has 2 amide bonds. The number of nitrogens with one attached hydrogen (secondary N) is 1. The van der Waals surface area contributed by atoms with E-state index in [-0.39, 0.29) is 21.6 Å². The molecule has 1 N–H and O–H groups in total. The number of carbonyl (C=O) groups is 2. The van der Waals surface area contributed by atoms with Crippen molar-refractivity contribution in [2.75, 3.05) is 17.3 Å². The van der Waals surface area contributed by atoms with Gasteiger partial charge in [0, 0.05) is 28.3 Å². The summed E-state index contributed by atoms with van der Waals surface area (Å²) in [5.41, 5.74) is -3.81. The number of amides is 2. The molecule has 10 heteroatoms. The lowest BCUT2D eigenvalue weighted by Gasteiger charge is -2.19. The van der Waals surface area contributed by atoms with Crippen LogP contribution in [-0.2, 0) is 10.8 Å². The van der Waals surface area contributed by atoms with E-state index < -0.39 is 27.1 Å². The summed E-state index contributed by atoms with van der Waals surface area (Å²) < 4.78 is 51.6. The first-order valence-corrected chi connectivity index (χ1v) is 11.5. The van der Waals surface area contributed by atoms with Gasteiger partial charge in [0.05, 0.1) is 10.6 Å². The van der Waals surface area contributed by atoms with Gasteiger partial charge in [0.1, 0.15) is 0 Å². The maximum atomic E-state index is 13.1. The van der Waals surface area contributed by atoms with Crippen molar-refractivity contribution in [3.8, 4) is 0 Å². The Morgan fingerprint density at radius 3 is 2.24 bits per heavy atom. The minimum Gasteiger partial charge on any atom is -0.320 e. The molecule has 5 nitrogen and oxygen atoms in total. The Labute approximate surface area is 199 Å². The number of benzene rings is 3. The molecule has 1 unspecified atom stereocenters. The lowest BCUT2D eigenvalue weighted by Crippen LogP contribution is -2.26. The lowest BCUT2D eigenvalue weighted by atomic mass is 10.1. The van der Waals surface area contributed by atoms with Gasteiger partial charge in [0.25, 0.3) is 11.8 Å². The third-order valence-electron chi connectivity index (χ3n) is 4.67. The monoisotopic (exact) mass is 538 g/mol. The highest BCUT2D eigenvalue weighted by Crippen LogP contribution is 2.36. The van der Waals surface area contributed by atoms with Crippen molar-refractivity contribution in [3.63, 3.8) is 0 Å². The number of hydrogen-bond donors (Lipinski definition) is 1. The molecule has 3 aromatic carbocycles. The molecule has 0 aliphatic carbocycles. The molecular formula is C23H18BrF3N2O3S. The molecular weight excluding hydrogens is 521 g/mol. The quantitative estimate of drug-likeness (QED) is 0.438. The van der Waals surface area contributed by atoms with Gasteiger partial charge in [-0.05, 0) is 70.9 Å². The summed E-state index contributed by atoms with van der Waals surface area (Å²) in [5, 5.41) is 2.42. The number of alkyl halides is 3. The molecule has 0 bridgehead atoms. The smallest absolute Gasteiger partial charge is 0.320 e. The first kappa shape index (κ1) is 24.7. The van der Waals surface area contributed by atoms with Crippen molar-refractivity contribution in [1.29, 1.82) is 0 Å². The first-order chi connectivity index (χ1) is 15.5. The van der Waals surface area contributed by atoms with Crippen LogP contribution in [0.3, 0.4) is 0 Å². The van der Waals surface area contributed by atoms with Gasteiger partial charge in [-0.15, -0.1) is 0 Å². The second kappa shape index (κ2) is 9.88. The zero-order chi connectivity index (χ0) is 24.3. The van der Waals surface area contributed by atoms with E-state index in [1.54, 1.807) is 56.4 Å². The normalized spacial score (nSPS) is 12.2. The largest absolute Gasteiger partial charge is 0.475 e. The van der Waals surface area contributed by atoms with Crippen molar-refractivity contribution in [2.45, 2.75) is 17.3 Å². The topological polar surface area (TPSA) is 66.5 Å². The number of hydrogen-bond acceptors (Lipinski definition) is 3. The summed E-state index contributed by atoms with van der Waals surface area (Å²) in [6.45, 7) is 1.55. The molecule has 3 rings (SSSR count). The zero-order valence-electron chi connectivity index (χ0n) is 17.4. The Morgan fingerprint density at radius 1 is 0.970 bits per heavy atom. The summed E-state index contributed by atoms with van der Waals surface area (Å²) >= 11 is 3.15. The Balaban J connectivity index is 1.91. The zero-order valence-corrected chi connectivity index (χ0v) is 19.8. The van der Waals surface area contributed by atoms with E-state index >= 15 is 0 Å². The van der Waals surface area contributed by atoms with Crippen LogP contribution in [0.25, 0.3) is 0 Å². The molecule has 1 atom stereocenters. The Bertz CT molecular complexity index is 1230. The van der Waals surface area contributed by atoms with Crippen molar-refractivity contribution < 1.29 is 27.0 Å². The number of nitrogens with zero attached hydrogens (tertiary/aromatic N) is 1. The van der Waals surface area contributed by atoms with Crippen LogP contribution in [0, 0.1) is 6.92 Å². The molecule has 0 aliphatic rings. The average molecular weight is 539 g/mol. The van der Waals surface area contributed by atoms with E-state index in [4.69, 9.17) is 0 Å². The number of carbonyl (C=O) groups excluding carboxylic acids is 2. The summed E-state index contributed by atoms with van der Waals surface area (Å²) in [4.78, 5) is 26.4. The van der Waals surface area contributed by atoms with Crippen LogP contribution in [0.15, 0.2) is 76.1 Å². The molecule has 0 saturated carbocycles. The van der Waals surface area contributed by atoms with E-state index in [2.05, 4.69) is 21.2 Å². The second-order valence-electron chi connectivity index (χ2n) is 7.07. The Hall–Kier alpha value is -2.98. The number of aryl methyl sites for hydroxylation is 1. The minimum atomic E-state index is -4.99.